The Bertz CT molecular complexity index is 1060. The van der Waals surface area contributed by atoms with Gasteiger partial charge in [-0.1, -0.05) is 126 Å². The van der Waals surface area contributed by atoms with Gasteiger partial charge in [0, 0.05) is 22.7 Å². The number of benzene rings is 4. The molecule has 0 spiro atoms. The number of anilines is 4. The third kappa shape index (κ3) is 18.0. The van der Waals surface area contributed by atoms with Gasteiger partial charge < -0.3 is 16.0 Å². The fourth-order valence-electron chi connectivity index (χ4n) is 3.01. The molecule has 0 heterocycles. The molecule has 0 aliphatic carbocycles. The molecule has 4 nitrogen and oxygen atoms in total. The van der Waals surface area contributed by atoms with Gasteiger partial charge in [-0.3, -0.25) is 0 Å². The minimum absolute atomic E-state index is 0.234. The second kappa shape index (κ2) is 25.0. The molecule has 0 bridgehead atoms. The molecule has 4 rings (SSSR count). The van der Waals surface area contributed by atoms with Gasteiger partial charge in [0.25, 0.3) is 0 Å². The van der Waals surface area contributed by atoms with Crippen molar-refractivity contribution in [2.24, 2.45) is 0 Å². The van der Waals surface area contributed by atoms with Crippen LogP contribution in [0.25, 0.3) is 0 Å². The summed E-state index contributed by atoms with van der Waals surface area (Å²) in [6.45, 7) is 24.2. The largest absolute Gasteiger partial charge is 0.356 e. The number of rotatable bonds is 4. The lowest BCUT2D eigenvalue weighted by atomic mass is 10.2. The molecule has 0 atom stereocenters. The second-order valence-electron chi connectivity index (χ2n) is 8.17. The van der Waals surface area contributed by atoms with E-state index in [4.69, 9.17) is 0 Å². The van der Waals surface area contributed by atoms with Crippen LogP contribution in [0.5, 0.6) is 0 Å². The van der Waals surface area contributed by atoms with Crippen LogP contribution in [0.15, 0.2) is 97.1 Å². The van der Waals surface area contributed by atoms with Crippen LogP contribution in [0.3, 0.4) is 0 Å². The first-order valence-corrected chi connectivity index (χ1v) is 15.0. The zero-order valence-corrected chi connectivity index (χ0v) is 27.6. The van der Waals surface area contributed by atoms with Crippen LogP contribution in [0.2, 0.25) is 0 Å². The standard InChI is InChI=1S/C15H16N2O.C14H15N.4C2H6/c1-11-3-7-13(8-4-11)16-15(18)17-14-9-5-12(2)6-10-14;1-11-3-7-13(8-4-11)15-14-9-5-12(2)6-10-14;4*1-2/h3-10H,1-2H3,(H2,16,17,18);3-10,15H,1-2H3;4*1-2H3. The molecule has 224 valence electrons. The molecule has 4 aromatic rings. The average molecular weight is 558 g/mol. The van der Waals surface area contributed by atoms with Crippen molar-refractivity contribution in [1.82, 2.24) is 0 Å². The van der Waals surface area contributed by atoms with Gasteiger partial charge in [-0.25, -0.2) is 4.79 Å². The van der Waals surface area contributed by atoms with E-state index in [1.807, 2.05) is 118 Å². The SMILES string of the molecule is CC.CC.CC.CC.Cc1ccc(NC(=O)Nc2ccc(C)cc2)cc1.Cc1ccc(Nc2ccc(C)cc2)cc1. The molecule has 3 N–H and O–H groups in total. The van der Waals surface area contributed by atoms with Gasteiger partial charge in [-0.15, -0.1) is 0 Å². The summed E-state index contributed by atoms with van der Waals surface area (Å²) >= 11 is 0. The van der Waals surface area contributed by atoms with Crippen molar-refractivity contribution < 1.29 is 4.79 Å². The zero-order chi connectivity index (χ0) is 31.6. The van der Waals surface area contributed by atoms with Crippen LogP contribution in [0.4, 0.5) is 27.5 Å². The number of carbonyl (C=O) groups excluding carboxylic acids is 1. The Labute approximate surface area is 251 Å². The summed E-state index contributed by atoms with van der Waals surface area (Å²) in [7, 11) is 0. The van der Waals surface area contributed by atoms with E-state index in [1.54, 1.807) is 0 Å². The maximum absolute atomic E-state index is 11.7. The summed E-state index contributed by atoms with van der Waals surface area (Å²) in [4.78, 5) is 11.7. The van der Waals surface area contributed by atoms with E-state index < -0.39 is 0 Å². The van der Waals surface area contributed by atoms with E-state index in [0.717, 1.165) is 22.7 Å². The first-order valence-electron chi connectivity index (χ1n) is 15.0. The van der Waals surface area contributed by atoms with Crippen molar-refractivity contribution in [3.8, 4) is 0 Å². The van der Waals surface area contributed by atoms with Crippen LogP contribution in [-0.4, -0.2) is 6.03 Å². The van der Waals surface area contributed by atoms with Crippen molar-refractivity contribution in [2.45, 2.75) is 83.1 Å². The first kappa shape index (κ1) is 39.1. The number of amides is 2. The van der Waals surface area contributed by atoms with E-state index in [0.29, 0.717) is 0 Å². The molecule has 0 radical (unpaired) electrons. The van der Waals surface area contributed by atoms with E-state index >= 15 is 0 Å². The van der Waals surface area contributed by atoms with Crippen LogP contribution in [-0.2, 0) is 0 Å². The average Bonchev–Trinajstić information content (AvgIpc) is 3.02. The molecular weight excluding hydrogens is 502 g/mol. The Morgan fingerprint density at radius 1 is 0.366 bits per heavy atom. The van der Waals surface area contributed by atoms with E-state index in [-0.39, 0.29) is 6.03 Å². The maximum Gasteiger partial charge on any atom is 0.323 e. The van der Waals surface area contributed by atoms with Gasteiger partial charge in [-0.2, -0.15) is 0 Å². The molecule has 0 aliphatic heterocycles. The number of nitrogens with one attached hydrogen (secondary N) is 3. The molecular formula is C37H55N3O. The van der Waals surface area contributed by atoms with E-state index in [9.17, 15) is 4.79 Å². The smallest absolute Gasteiger partial charge is 0.323 e. The molecule has 0 unspecified atom stereocenters. The third-order valence-electron chi connectivity index (χ3n) is 5.01. The van der Waals surface area contributed by atoms with E-state index in [2.05, 4.69) is 78.3 Å². The Kier molecular flexibility index (Phi) is 23.8. The summed E-state index contributed by atoms with van der Waals surface area (Å²) in [5.41, 5.74) is 8.72. The third-order valence-corrected chi connectivity index (χ3v) is 5.01. The second-order valence-corrected chi connectivity index (χ2v) is 8.17. The minimum atomic E-state index is -0.234. The van der Waals surface area contributed by atoms with Crippen molar-refractivity contribution in [3.05, 3.63) is 119 Å². The van der Waals surface area contributed by atoms with Crippen LogP contribution in [0, 0.1) is 27.7 Å². The highest BCUT2D eigenvalue weighted by molar-refractivity contribution is 5.99. The lowest BCUT2D eigenvalue weighted by Crippen LogP contribution is -2.19. The zero-order valence-electron chi connectivity index (χ0n) is 27.6. The summed E-state index contributed by atoms with van der Waals surface area (Å²) in [5, 5.41) is 8.92. The number of urea groups is 1. The van der Waals surface area contributed by atoms with Gasteiger partial charge in [0.15, 0.2) is 0 Å². The molecule has 0 aromatic heterocycles. The molecule has 4 heteroatoms. The lowest BCUT2D eigenvalue weighted by molar-refractivity contribution is 0.262. The fourth-order valence-corrected chi connectivity index (χ4v) is 3.01. The molecule has 0 fully saturated rings. The molecule has 4 aromatic carbocycles. The van der Waals surface area contributed by atoms with Crippen LogP contribution < -0.4 is 16.0 Å². The summed E-state index contributed by atoms with van der Waals surface area (Å²) < 4.78 is 0. The highest BCUT2D eigenvalue weighted by Crippen LogP contribution is 2.17. The monoisotopic (exact) mass is 557 g/mol. The topological polar surface area (TPSA) is 53.2 Å². The molecule has 0 saturated carbocycles. The Balaban J connectivity index is 0. The van der Waals surface area contributed by atoms with Crippen molar-refractivity contribution >= 4 is 28.8 Å². The van der Waals surface area contributed by atoms with Crippen LogP contribution >= 0.6 is 0 Å². The van der Waals surface area contributed by atoms with Crippen molar-refractivity contribution in [3.63, 3.8) is 0 Å². The van der Waals surface area contributed by atoms with Crippen LogP contribution in [0.1, 0.15) is 77.6 Å². The molecule has 41 heavy (non-hydrogen) atoms. The quantitative estimate of drug-likeness (QED) is 0.234. The number of aryl methyl sites for hydroxylation is 4. The lowest BCUT2D eigenvalue weighted by Gasteiger charge is -2.08. The van der Waals surface area contributed by atoms with Crippen molar-refractivity contribution in [1.29, 1.82) is 0 Å². The van der Waals surface area contributed by atoms with Gasteiger partial charge in [0.1, 0.15) is 0 Å². The van der Waals surface area contributed by atoms with Gasteiger partial charge >= 0.3 is 6.03 Å². The van der Waals surface area contributed by atoms with Gasteiger partial charge in [0.05, 0.1) is 0 Å². The number of carbonyl (C=O) groups is 1. The normalized spacial score (nSPS) is 8.59. The highest BCUT2D eigenvalue weighted by atomic mass is 16.2. The Hall–Kier alpha value is -4.05. The predicted octanol–water partition coefficient (Wildman–Crippen LogP) is 12.1. The summed E-state index contributed by atoms with van der Waals surface area (Å²) in [5.74, 6) is 0. The van der Waals surface area contributed by atoms with E-state index in [1.165, 1.54) is 22.3 Å². The molecule has 0 aliphatic rings. The molecule has 2 amide bonds. The molecule has 0 saturated heterocycles. The first-order chi connectivity index (χ1) is 19.9. The maximum atomic E-state index is 11.7. The fraction of sp³-hybridized carbons (Fsp3) is 0.324. The highest BCUT2D eigenvalue weighted by Gasteiger charge is 2.02. The number of hydrogen-bond acceptors (Lipinski definition) is 2. The Morgan fingerprint density at radius 2 is 0.561 bits per heavy atom. The minimum Gasteiger partial charge on any atom is -0.356 e. The van der Waals surface area contributed by atoms with Gasteiger partial charge in [0.2, 0.25) is 0 Å². The summed E-state index contributed by atoms with van der Waals surface area (Å²) in [6, 6.07) is 31.9. The van der Waals surface area contributed by atoms with Crippen molar-refractivity contribution in [2.75, 3.05) is 16.0 Å². The Morgan fingerprint density at radius 3 is 0.780 bits per heavy atom. The summed E-state index contributed by atoms with van der Waals surface area (Å²) in [6.07, 6.45) is 0. The van der Waals surface area contributed by atoms with Gasteiger partial charge in [-0.05, 0) is 76.2 Å². The predicted molar refractivity (Wildman–Crippen MR) is 186 cm³/mol. The number of hydrogen-bond donors (Lipinski definition) is 3.